The molecule has 1 N–H and O–H groups in total. The molecule has 0 atom stereocenters. The van der Waals surface area contributed by atoms with Crippen molar-refractivity contribution in [3.05, 3.63) is 5.69 Å². The van der Waals surface area contributed by atoms with Crippen molar-refractivity contribution in [3.8, 4) is 0 Å². The van der Waals surface area contributed by atoms with Gasteiger partial charge in [0.2, 0.25) is 0 Å². The van der Waals surface area contributed by atoms with E-state index in [1.54, 1.807) is 11.3 Å². The van der Waals surface area contributed by atoms with Crippen LogP contribution >= 0.6 is 11.3 Å². The van der Waals surface area contributed by atoms with E-state index in [2.05, 4.69) is 20.3 Å². The predicted molar refractivity (Wildman–Crippen MR) is 75.3 cm³/mol. The van der Waals surface area contributed by atoms with Crippen LogP contribution in [0, 0.1) is 6.92 Å². The van der Waals surface area contributed by atoms with Crippen molar-refractivity contribution < 1.29 is 0 Å². The van der Waals surface area contributed by atoms with Crippen LogP contribution in [0.5, 0.6) is 0 Å². The molecule has 3 rings (SSSR count). The lowest BCUT2D eigenvalue weighted by molar-refractivity contribution is 0.352. The van der Waals surface area contributed by atoms with Crippen LogP contribution in [0.1, 0.15) is 18.5 Å². The maximum absolute atomic E-state index is 4.59. The lowest BCUT2D eigenvalue weighted by Gasteiger charge is -2.14. The summed E-state index contributed by atoms with van der Waals surface area (Å²) < 4.78 is 3.05. The Balaban J connectivity index is 1.62. The van der Waals surface area contributed by atoms with E-state index in [-0.39, 0.29) is 0 Å². The minimum atomic E-state index is 0.978. The van der Waals surface area contributed by atoms with E-state index in [1.165, 1.54) is 30.6 Å². The molecule has 0 aliphatic carbocycles. The molecular weight excluding hydrogens is 246 g/mol. The molecule has 98 valence electrons. The maximum atomic E-state index is 4.59. The quantitative estimate of drug-likeness (QED) is 0.916. The molecule has 0 radical (unpaired) electrons. The first-order valence-corrected chi connectivity index (χ1v) is 7.32. The molecule has 1 aliphatic rings. The van der Waals surface area contributed by atoms with Gasteiger partial charge >= 0.3 is 0 Å². The third-order valence-electron chi connectivity index (χ3n) is 3.45. The highest BCUT2D eigenvalue weighted by Crippen LogP contribution is 2.27. The second-order valence-corrected chi connectivity index (χ2v) is 5.86. The van der Waals surface area contributed by atoms with Crippen LogP contribution in [0.2, 0.25) is 0 Å². The van der Waals surface area contributed by atoms with Crippen LogP contribution < -0.4 is 5.32 Å². The van der Waals surface area contributed by atoms with E-state index < -0.39 is 0 Å². The molecule has 3 heterocycles. The summed E-state index contributed by atoms with van der Waals surface area (Å²) in [5.74, 6) is 0. The number of hydrogen-bond donors (Lipinski definition) is 1. The number of aryl methyl sites for hydroxylation is 2. The summed E-state index contributed by atoms with van der Waals surface area (Å²) in [5, 5.41) is 8.80. The largest absolute Gasteiger partial charge is 0.360 e. The molecule has 0 unspecified atom stereocenters. The van der Waals surface area contributed by atoms with Crippen LogP contribution in [-0.2, 0) is 7.05 Å². The Morgan fingerprint density at radius 2 is 2.11 bits per heavy atom. The molecule has 0 aromatic carbocycles. The number of anilines is 1. The van der Waals surface area contributed by atoms with Crippen molar-refractivity contribution in [3.63, 3.8) is 0 Å². The number of nitrogens with one attached hydrogen (secondary N) is 1. The van der Waals surface area contributed by atoms with Gasteiger partial charge in [0.25, 0.3) is 0 Å². The number of hydrogen-bond acceptors (Lipinski definition) is 5. The summed E-state index contributed by atoms with van der Waals surface area (Å²) in [6.45, 7) is 6.64. The van der Waals surface area contributed by atoms with E-state index in [0.29, 0.717) is 0 Å². The number of aromatic nitrogens is 3. The number of nitrogens with zero attached hydrogens (tertiary/aromatic N) is 4. The van der Waals surface area contributed by atoms with Crippen LogP contribution in [0.15, 0.2) is 0 Å². The fourth-order valence-electron chi connectivity index (χ4n) is 2.49. The SMILES string of the molecule is Cc1nn(C)c2nc(NCCN3CCCC3)sc12. The van der Waals surface area contributed by atoms with Gasteiger partial charge < -0.3 is 10.2 Å². The highest BCUT2D eigenvalue weighted by molar-refractivity contribution is 7.22. The first kappa shape index (κ1) is 11.9. The molecule has 1 fully saturated rings. The van der Waals surface area contributed by atoms with Gasteiger partial charge in [-0.25, -0.2) is 9.67 Å². The molecule has 2 aromatic heterocycles. The Hall–Kier alpha value is -1.14. The molecule has 2 aromatic rings. The smallest absolute Gasteiger partial charge is 0.185 e. The Labute approximate surface area is 111 Å². The number of rotatable bonds is 4. The van der Waals surface area contributed by atoms with Crippen LogP contribution in [-0.4, -0.2) is 45.8 Å². The van der Waals surface area contributed by atoms with Gasteiger partial charge in [-0.2, -0.15) is 5.10 Å². The second-order valence-electron chi connectivity index (χ2n) is 4.86. The standard InChI is InChI=1S/C12H19N5S/c1-9-10-11(16(2)15-9)14-12(18-10)13-5-8-17-6-3-4-7-17/h3-8H2,1-2H3,(H,13,14). The van der Waals surface area contributed by atoms with E-state index in [0.717, 1.165) is 29.6 Å². The fraction of sp³-hybridized carbons (Fsp3) is 0.667. The van der Waals surface area contributed by atoms with Gasteiger partial charge in [-0.1, -0.05) is 11.3 Å². The lowest BCUT2D eigenvalue weighted by atomic mass is 10.4. The van der Waals surface area contributed by atoms with Crippen LogP contribution in [0.25, 0.3) is 10.3 Å². The van der Waals surface area contributed by atoms with E-state index in [9.17, 15) is 0 Å². The summed E-state index contributed by atoms with van der Waals surface area (Å²) in [4.78, 5) is 7.09. The van der Waals surface area contributed by atoms with Crippen molar-refractivity contribution in [2.45, 2.75) is 19.8 Å². The summed E-state index contributed by atoms with van der Waals surface area (Å²) >= 11 is 1.70. The number of fused-ring (bicyclic) bond motifs is 1. The normalized spacial score (nSPS) is 16.8. The maximum Gasteiger partial charge on any atom is 0.185 e. The Morgan fingerprint density at radius 1 is 1.33 bits per heavy atom. The fourth-order valence-corrected chi connectivity index (χ4v) is 3.44. The molecule has 1 aliphatic heterocycles. The van der Waals surface area contributed by atoms with E-state index >= 15 is 0 Å². The summed E-state index contributed by atoms with van der Waals surface area (Å²) in [5.41, 5.74) is 2.05. The summed E-state index contributed by atoms with van der Waals surface area (Å²) in [6.07, 6.45) is 2.71. The highest BCUT2D eigenvalue weighted by Gasteiger charge is 2.13. The van der Waals surface area contributed by atoms with Gasteiger partial charge in [0.15, 0.2) is 10.8 Å². The minimum Gasteiger partial charge on any atom is -0.360 e. The molecule has 1 saturated heterocycles. The average Bonchev–Trinajstić information content (AvgIpc) is 3.01. The molecule has 6 heteroatoms. The third-order valence-corrected chi connectivity index (χ3v) is 4.56. The van der Waals surface area contributed by atoms with Gasteiger partial charge in [-0.15, -0.1) is 0 Å². The van der Waals surface area contributed by atoms with Gasteiger partial charge in [-0.3, -0.25) is 0 Å². The predicted octanol–water partition coefficient (Wildman–Crippen LogP) is 1.85. The van der Waals surface area contributed by atoms with Crippen molar-refractivity contribution in [2.75, 3.05) is 31.5 Å². The van der Waals surface area contributed by atoms with Gasteiger partial charge in [0, 0.05) is 20.1 Å². The summed E-state index contributed by atoms with van der Waals surface area (Å²) in [6, 6.07) is 0. The zero-order valence-electron chi connectivity index (χ0n) is 10.9. The Bertz CT molecular complexity index is 503. The molecular formula is C12H19N5S. The molecule has 18 heavy (non-hydrogen) atoms. The zero-order chi connectivity index (χ0) is 12.5. The third kappa shape index (κ3) is 2.22. The first-order chi connectivity index (χ1) is 8.74. The minimum absolute atomic E-state index is 0.978. The van der Waals surface area contributed by atoms with Crippen molar-refractivity contribution in [1.29, 1.82) is 0 Å². The average molecular weight is 265 g/mol. The van der Waals surface area contributed by atoms with Gasteiger partial charge in [-0.05, 0) is 32.9 Å². The van der Waals surface area contributed by atoms with E-state index in [4.69, 9.17) is 0 Å². The van der Waals surface area contributed by atoms with Crippen LogP contribution in [0.3, 0.4) is 0 Å². The Kier molecular flexibility index (Phi) is 3.22. The lowest BCUT2D eigenvalue weighted by Crippen LogP contribution is -2.25. The molecule has 0 spiro atoms. The monoisotopic (exact) mass is 265 g/mol. The van der Waals surface area contributed by atoms with Crippen LogP contribution in [0.4, 0.5) is 5.13 Å². The van der Waals surface area contributed by atoms with Gasteiger partial charge in [0.1, 0.15) is 0 Å². The van der Waals surface area contributed by atoms with E-state index in [1.807, 2.05) is 18.7 Å². The van der Waals surface area contributed by atoms with Gasteiger partial charge in [0.05, 0.1) is 10.4 Å². The molecule has 0 saturated carbocycles. The molecule has 0 bridgehead atoms. The topological polar surface area (TPSA) is 46.0 Å². The second kappa shape index (κ2) is 4.85. The molecule has 5 nitrogen and oxygen atoms in total. The number of thiazole rings is 1. The zero-order valence-corrected chi connectivity index (χ0v) is 11.8. The number of likely N-dealkylation sites (tertiary alicyclic amines) is 1. The first-order valence-electron chi connectivity index (χ1n) is 6.50. The Morgan fingerprint density at radius 3 is 2.83 bits per heavy atom. The van der Waals surface area contributed by atoms with Crippen molar-refractivity contribution >= 4 is 26.8 Å². The van der Waals surface area contributed by atoms with Crippen molar-refractivity contribution in [2.24, 2.45) is 7.05 Å². The molecule has 0 amide bonds. The summed E-state index contributed by atoms with van der Waals surface area (Å²) in [7, 11) is 1.95. The highest BCUT2D eigenvalue weighted by atomic mass is 32.1. The van der Waals surface area contributed by atoms with Crippen molar-refractivity contribution in [1.82, 2.24) is 19.7 Å².